The van der Waals surface area contributed by atoms with Crippen LogP contribution >= 0.6 is 11.6 Å². The maximum absolute atomic E-state index is 12.8. The van der Waals surface area contributed by atoms with Crippen LogP contribution in [0.2, 0.25) is 5.02 Å². The van der Waals surface area contributed by atoms with Crippen molar-refractivity contribution in [3.05, 3.63) is 33.9 Å². The van der Waals surface area contributed by atoms with E-state index in [1.165, 1.54) is 13.8 Å². The zero-order chi connectivity index (χ0) is 16.8. The van der Waals surface area contributed by atoms with Gasteiger partial charge in [0.15, 0.2) is 5.69 Å². The topological polar surface area (TPSA) is 52.7 Å². The van der Waals surface area contributed by atoms with Crippen molar-refractivity contribution in [1.82, 2.24) is 19.6 Å². The Hall–Kier alpha value is -1.83. The highest BCUT2D eigenvalue weighted by molar-refractivity contribution is 6.32. The van der Waals surface area contributed by atoms with Crippen LogP contribution in [0.4, 0.5) is 13.2 Å². The molecule has 2 aromatic rings. The molecule has 0 amide bonds. The fraction of sp³-hybridized carbons (Fsp3) is 0.462. The third-order valence-corrected chi connectivity index (χ3v) is 3.74. The van der Waals surface area contributed by atoms with Gasteiger partial charge in [0.2, 0.25) is 0 Å². The van der Waals surface area contributed by atoms with Gasteiger partial charge < -0.3 is 0 Å². The standard InChI is InChI=1S/C13H14ClF3N4O/c1-6-5-7(2)20(18-6)12(22)9(4)21-8(3)10(14)11(19-21)13(15,16)17/h5,9H,1-4H3. The molecule has 0 aliphatic carbocycles. The summed E-state index contributed by atoms with van der Waals surface area (Å²) in [6, 6.07) is 0.737. The van der Waals surface area contributed by atoms with Crippen molar-refractivity contribution in [2.45, 2.75) is 39.9 Å². The van der Waals surface area contributed by atoms with Crippen LogP contribution in [-0.2, 0) is 6.18 Å². The summed E-state index contributed by atoms with van der Waals surface area (Å²) in [5.74, 6) is -0.485. The first kappa shape index (κ1) is 16.5. The van der Waals surface area contributed by atoms with E-state index in [0.29, 0.717) is 11.4 Å². The molecule has 0 aliphatic rings. The number of hydrogen-bond acceptors (Lipinski definition) is 3. The van der Waals surface area contributed by atoms with E-state index in [0.717, 1.165) is 9.36 Å². The summed E-state index contributed by atoms with van der Waals surface area (Å²) in [6.45, 7) is 6.25. The Kier molecular flexibility index (Phi) is 4.08. The van der Waals surface area contributed by atoms with Crippen molar-refractivity contribution in [2.75, 3.05) is 0 Å². The lowest BCUT2D eigenvalue weighted by Gasteiger charge is -2.14. The van der Waals surface area contributed by atoms with Crippen molar-refractivity contribution in [3.8, 4) is 0 Å². The molecular formula is C13H14ClF3N4O. The molecule has 2 rings (SSSR count). The van der Waals surface area contributed by atoms with Gasteiger partial charge in [0.1, 0.15) is 6.04 Å². The molecular weight excluding hydrogens is 321 g/mol. The second kappa shape index (κ2) is 5.42. The first-order chi connectivity index (χ1) is 10.0. The molecule has 2 heterocycles. The Labute approximate surface area is 129 Å². The van der Waals surface area contributed by atoms with Crippen LogP contribution in [0.5, 0.6) is 0 Å². The molecule has 0 aromatic carbocycles. The van der Waals surface area contributed by atoms with Gasteiger partial charge in [-0.1, -0.05) is 11.6 Å². The molecule has 2 aromatic heterocycles. The van der Waals surface area contributed by atoms with E-state index in [1.807, 2.05) is 0 Å². The number of aryl methyl sites for hydroxylation is 2. The van der Waals surface area contributed by atoms with Crippen LogP contribution in [0.15, 0.2) is 6.07 Å². The molecule has 1 unspecified atom stereocenters. The zero-order valence-electron chi connectivity index (χ0n) is 12.4. The number of rotatable bonds is 2. The highest BCUT2D eigenvalue weighted by Gasteiger charge is 2.39. The average Bonchev–Trinajstić information content (AvgIpc) is 2.88. The van der Waals surface area contributed by atoms with Gasteiger partial charge >= 0.3 is 6.18 Å². The second-order valence-electron chi connectivity index (χ2n) is 5.04. The van der Waals surface area contributed by atoms with Gasteiger partial charge in [-0.25, -0.2) is 4.68 Å². The first-order valence-corrected chi connectivity index (χ1v) is 6.81. The average molecular weight is 335 g/mol. The van der Waals surface area contributed by atoms with Gasteiger partial charge in [0.25, 0.3) is 5.91 Å². The van der Waals surface area contributed by atoms with Crippen LogP contribution in [0, 0.1) is 20.8 Å². The minimum Gasteiger partial charge on any atom is -0.270 e. The van der Waals surface area contributed by atoms with E-state index in [2.05, 4.69) is 10.2 Å². The minimum absolute atomic E-state index is 0.0800. The van der Waals surface area contributed by atoms with E-state index in [1.54, 1.807) is 19.9 Å². The molecule has 5 nitrogen and oxygen atoms in total. The number of carbonyl (C=O) groups excluding carboxylic acids is 1. The van der Waals surface area contributed by atoms with E-state index in [4.69, 9.17) is 11.6 Å². The summed E-state index contributed by atoms with van der Waals surface area (Å²) in [5, 5.41) is 7.00. The summed E-state index contributed by atoms with van der Waals surface area (Å²) in [4.78, 5) is 12.4. The molecule has 22 heavy (non-hydrogen) atoms. The van der Waals surface area contributed by atoms with Crippen LogP contribution in [0.1, 0.15) is 40.5 Å². The molecule has 0 spiro atoms. The Morgan fingerprint density at radius 1 is 1.27 bits per heavy atom. The van der Waals surface area contributed by atoms with Crippen LogP contribution in [0.25, 0.3) is 0 Å². The fourth-order valence-electron chi connectivity index (χ4n) is 2.19. The Balaban J connectivity index is 2.44. The molecule has 0 fully saturated rings. The number of hydrogen-bond donors (Lipinski definition) is 0. The van der Waals surface area contributed by atoms with Crippen molar-refractivity contribution >= 4 is 17.5 Å². The van der Waals surface area contributed by atoms with Crippen molar-refractivity contribution in [1.29, 1.82) is 0 Å². The van der Waals surface area contributed by atoms with Crippen molar-refractivity contribution in [3.63, 3.8) is 0 Å². The van der Waals surface area contributed by atoms with Crippen LogP contribution in [0.3, 0.4) is 0 Å². The van der Waals surface area contributed by atoms with Crippen molar-refractivity contribution in [2.24, 2.45) is 0 Å². The lowest BCUT2D eigenvalue weighted by molar-refractivity contribution is -0.141. The fourth-order valence-corrected chi connectivity index (χ4v) is 2.42. The number of halogens is 4. The van der Waals surface area contributed by atoms with E-state index < -0.39 is 28.8 Å². The maximum atomic E-state index is 12.8. The zero-order valence-corrected chi connectivity index (χ0v) is 13.1. The van der Waals surface area contributed by atoms with Gasteiger partial charge in [-0.2, -0.15) is 23.4 Å². The number of carbonyl (C=O) groups is 1. The SMILES string of the molecule is Cc1cc(C)n(C(=O)C(C)n2nc(C(F)(F)F)c(Cl)c2C)n1. The van der Waals surface area contributed by atoms with Gasteiger partial charge in [-0.15, -0.1) is 0 Å². The lowest BCUT2D eigenvalue weighted by Crippen LogP contribution is -2.26. The maximum Gasteiger partial charge on any atom is 0.436 e. The predicted molar refractivity (Wildman–Crippen MR) is 74.0 cm³/mol. The van der Waals surface area contributed by atoms with E-state index in [9.17, 15) is 18.0 Å². The van der Waals surface area contributed by atoms with E-state index >= 15 is 0 Å². The molecule has 120 valence electrons. The molecule has 0 bridgehead atoms. The van der Waals surface area contributed by atoms with Gasteiger partial charge in [0.05, 0.1) is 16.4 Å². The van der Waals surface area contributed by atoms with Gasteiger partial charge in [-0.05, 0) is 33.8 Å². The molecule has 0 radical (unpaired) electrons. The smallest absolute Gasteiger partial charge is 0.270 e. The summed E-state index contributed by atoms with van der Waals surface area (Å²) in [5.41, 5.74) is 0.126. The number of nitrogens with zero attached hydrogens (tertiary/aromatic N) is 4. The summed E-state index contributed by atoms with van der Waals surface area (Å²) >= 11 is 5.69. The molecule has 0 saturated heterocycles. The summed E-state index contributed by atoms with van der Waals surface area (Å²) < 4.78 is 40.6. The molecule has 0 saturated carbocycles. The number of aromatic nitrogens is 4. The highest BCUT2D eigenvalue weighted by Crippen LogP contribution is 2.36. The van der Waals surface area contributed by atoms with Crippen LogP contribution in [-0.4, -0.2) is 25.5 Å². The Morgan fingerprint density at radius 2 is 1.86 bits per heavy atom. The minimum atomic E-state index is -4.67. The van der Waals surface area contributed by atoms with Crippen LogP contribution < -0.4 is 0 Å². The molecule has 1 atom stereocenters. The van der Waals surface area contributed by atoms with Crippen molar-refractivity contribution < 1.29 is 18.0 Å². The van der Waals surface area contributed by atoms with E-state index in [-0.39, 0.29) is 5.69 Å². The third-order valence-electron chi connectivity index (χ3n) is 3.29. The first-order valence-electron chi connectivity index (χ1n) is 6.43. The second-order valence-corrected chi connectivity index (χ2v) is 5.42. The Morgan fingerprint density at radius 3 is 2.27 bits per heavy atom. The largest absolute Gasteiger partial charge is 0.436 e. The summed E-state index contributed by atoms with van der Waals surface area (Å²) in [6.07, 6.45) is -4.67. The van der Waals surface area contributed by atoms with Gasteiger partial charge in [-0.3, -0.25) is 9.48 Å². The third kappa shape index (κ3) is 2.75. The lowest BCUT2D eigenvalue weighted by atomic mass is 10.3. The molecule has 0 aliphatic heterocycles. The molecule has 0 N–H and O–H groups in total. The predicted octanol–water partition coefficient (Wildman–Crippen LogP) is 3.58. The quantitative estimate of drug-likeness (QED) is 0.843. The summed E-state index contributed by atoms with van der Waals surface area (Å²) in [7, 11) is 0. The Bertz CT molecular complexity index is 732. The normalized spacial score (nSPS) is 13.5. The highest BCUT2D eigenvalue weighted by atomic mass is 35.5. The molecule has 9 heteroatoms. The monoisotopic (exact) mass is 334 g/mol. The number of alkyl halides is 3. The van der Waals surface area contributed by atoms with Gasteiger partial charge in [0, 0.05) is 5.69 Å².